The fourth-order valence-corrected chi connectivity index (χ4v) is 4.88. The van der Waals surface area contributed by atoms with Crippen LogP contribution in [0.15, 0.2) is 89.5 Å². The normalized spacial score (nSPS) is 11.0. The Morgan fingerprint density at radius 2 is 1.88 bits per heavy atom. The molecule has 0 spiro atoms. The lowest BCUT2D eigenvalue weighted by Gasteiger charge is -2.10. The van der Waals surface area contributed by atoms with Gasteiger partial charge in [0, 0.05) is 11.6 Å². The van der Waals surface area contributed by atoms with Gasteiger partial charge in [0.25, 0.3) is 0 Å². The van der Waals surface area contributed by atoms with Crippen LogP contribution in [0.25, 0.3) is 21.6 Å². The maximum absolute atomic E-state index is 12.7. The first-order chi connectivity index (χ1) is 15.8. The van der Waals surface area contributed by atoms with Crippen molar-refractivity contribution in [2.24, 2.45) is 0 Å². The average Bonchev–Trinajstić information content (AvgIpc) is 3.49. The van der Waals surface area contributed by atoms with Crippen LogP contribution in [0.4, 0.5) is 5.69 Å². The number of carbonyl (C=O) groups excluding carboxylic acids is 1. The third kappa shape index (κ3) is 4.42. The molecule has 0 saturated carbocycles. The van der Waals surface area contributed by atoms with Crippen molar-refractivity contribution in [1.82, 2.24) is 19.7 Å². The largest absolute Gasteiger partial charge is 0.325 e. The van der Waals surface area contributed by atoms with Crippen LogP contribution >= 0.6 is 23.1 Å². The van der Waals surface area contributed by atoms with Gasteiger partial charge < -0.3 is 5.32 Å². The molecule has 1 amide bonds. The SMILES string of the molecule is O=C(CSc1nnc(-c2cccs2)n1Cc1ccccc1)Nc1cccc2ncccc12. The maximum atomic E-state index is 12.7. The van der Waals surface area contributed by atoms with E-state index in [9.17, 15) is 4.79 Å². The molecule has 8 heteroatoms. The summed E-state index contributed by atoms with van der Waals surface area (Å²) >= 11 is 3.01. The Bertz CT molecular complexity index is 1340. The summed E-state index contributed by atoms with van der Waals surface area (Å²) in [5.41, 5.74) is 2.76. The second-order valence-electron chi connectivity index (χ2n) is 7.07. The Balaban J connectivity index is 1.35. The predicted octanol–water partition coefficient (Wildman–Crippen LogP) is 5.33. The Morgan fingerprint density at radius 3 is 2.72 bits per heavy atom. The second-order valence-corrected chi connectivity index (χ2v) is 8.96. The van der Waals surface area contributed by atoms with Gasteiger partial charge >= 0.3 is 0 Å². The molecule has 158 valence electrons. The Morgan fingerprint density at radius 1 is 0.969 bits per heavy atom. The fourth-order valence-electron chi connectivity index (χ4n) is 3.42. The molecule has 0 fully saturated rings. The van der Waals surface area contributed by atoms with E-state index in [1.165, 1.54) is 11.8 Å². The number of amides is 1. The molecule has 0 bridgehead atoms. The van der Waals surface area contributed by atoms with E-state index in [-0.39, 0.29) is 11.7 Å². The number of rotatable bonds is 7. The van der Waals surface area contributed by atoms with Gasteiger partial charge in [-0.2, -0.15) is 0 Å². The number of anilines is 1. The number of hydrogen-bond acceptors (Lipinski definition) is 6. The highest BCUT2D eigenvalue weighted by Gasteiger charge is 2.17. The predicted molar refractivity (Wildman–Crippen MR) is 130 cm³/mol. The monoisotopic (exact) mass is 457 g/mol. The van der Waals surface area contributed by atoms with Gasteiger partial charge in [-0.1, -0.05) is 54.2 Å². The van der Waals surface area contributed by atoms with E-state index in [1.807, 2.05) is 66.0 Å². The Hall–Kier alpha value is -3.49. The molecule has 0 radical (unpaired) electrons. The van der Waals surface area contributed by atoms with Crippen molar-refractivity contribution in [3.05, 3.63) is 89.9 Å². The molecule has 3 heterocycles. The quantitative estimate of drug-likeness (QED) is 0.334. The second kappa shape index (κ2) is 9.33. The minimum atomic E-state index is -0.0988. The van der Waals surface area contributed by atoms with Crippen LogP contribution in [0.5, 0.6) is 0 Å². The highest BCUT2D eigenvalue weighted by molar-refractivity contribution is 7.99. The number of carbonyl (C=O) groups is 1. The zero-order chi connectivity index (χ0) is 21.8. The minimum absolute atomic E-state index is 0.0988. The number of nitrogens with one attached hydrogen (secondary N) is 1. The first-order valence-electron chi connectivity index (χ1n) is 10.1. The van der Waals surface area contributed by atoms with Gasteiger partial charge in [0.2, 0.25) is 5.91 Å². The summed E-state index contributed by atoms with van der Waals surface area (Å²) in [7, 11) is 0. The highest BCUT2D eigenvalue weighted by atomic mass is 32.2. The molecular formula is C24H19N5OS2. The summed E-state index contributed by atoms with van der Waals surface area (Å²) in [5.74, 6) is 0.943. The van der Waals surface area contributed by atoms with Crippen molar-refractivity contribution >= 4 is 45.6 Å². The van der Waals surface area contributed by atoms with Gasteiger partial charge in [-0.15, -0.1) is 21.5 Å². The first kappa shape index (κ1) is 20.4. The summed E-state index contributed by atoms with van der Waals surface area (Å²) in [6.45, 7) is 0.639. The van der Waals surface area contributed by atoms with E-state index in [1.54, 1.807) is 17.5 Å². The van der Waals surface area contributed by atoms with Gasteiger partial charge in [0.05, 0.1) is 28.4 Å². The van der Waals surface area contributed by atoms with E-state index in [0.717, 1.165) is 32.9 Å². The zero-order valence-electron chi connectivity index (χ0n) is 17.0. The molecule has 32 heavy (non-hydrogen) atoms. The lowest BCUT2D eigenvalue weighted by molar-refractivity contribution is -0.113. The van der Waals surface area contributed by atoms with Crippen LogP contribution in [0, 0.1) is 0 Å². The van der Waals surface area contributed by atoms with Crippen LogP contribution in [0.3, 0.4) is 0 Å². The van der Waals surface area contributed by atoms with Crippen LogP contribution in [0.1, 0.15) is 5.56 Å². The summed E-state index contributed by atoms with van der Waals surface area (Å²) in [5, 5.41) is 15.5. The summed E-state index contributed by atoms with van der Waals surface area (Å²) in [4.78, 5) is 18.1. The number of thiophene rings is 1. The van der Waals surface area contributed by atoms with Crippen LogP contribution < -0.4 is 5.32 Å². The molecule has 0 aliphatic carbocycles. The fraction of sp³-hybridized carbons (Fsp3) is 0.0833. The van der Waals surface area contributed by atoms with E-state index in [4.69, 9.17) is 0 Å². The Kier molecular flexibility index (Phi) is 5.96. The van der Waals surface area contributed by atoms with Gasteiger partial charge in [0.15, 0.2) is 11.0 Å². The van der Waals surface area contributed by atoms with Crippen molar-refractivity contribution in [3.63, 3.8) is 0 Å². The number of hydrogen-bond donors (Lipinski definition) is 1. The third-order valence-corrected chi connectivity index (χ3v) is 6.73. The van der Waals surface area contributed by atoms with Crippen LogP contribution in [-0.4, -0.2) is 31.4 Å². The molecule has 0 unspecified atom stereocenters. The molecule has 2 aromatic carbocycles. The molecule has 6 nitrogen and oxygen atoms in total. The highest BCUT2D eigenvalue weighted by Crippen LogP contribution is 2.28. The summed E-state index contributed by atoms with van der Waals surface area (Å²) in [6.07, 6.45) is 1.74. The van der Waals surface area contributed by atoms with Gasteiger partial charge in [0.1, 0.15) is 0 Å². The van der Waals surface area contributed by atoms with Crippen LogP contribution in [-0.2, 0) is 11.3 Å². The lowest BCUT2D eigenvalue weighted by atomic mass is 10.2. The molecule has 0 saturated heterocycles. The van der Waals surface area contributed by atoms with E-state index in [2.05, 4.69) is 37.2 Å². The van der Waals surface area contributed by atoms with Crippen molar-refractivity contribution in [3.8, 4) is 10.7 Å². The summed E-state index contributed by atoms with van der Waals surface area (Å²) < 4.78 is 2.07. The van der Waals surface area contributed by atoms with E-state index >= 15 is 0 Å². The molecule has 0 aliphatic rings. The van der Waals surface area contributed by atoms with Crippen molar-refractivity contribution in [1.29, 1.82) is 0 Å². The third-order valence-electron chi connectivity index (χ3n) is 4.89. The van der Waals surface area contributed by atoms with E-state index in [0.29, 0.717) is 11.7 Å². The molecule has 1 N–H and O–H groups in total. The van der Waals surface area contributed by atoms with Gasteiger partial charge in [-0.05, 0) is 41.3 Å². The van der Waals surface area contributed by atoms with Gasteiger partial charge in [-0.25, -0.2) is 0 Å². The van der Waals surface area contributed by atoms with E-state index < -0.39 is 0 Å². The molecule has 0 atom stereocenters. The lowest BCUT2D eigenvalue weighted by Crippen LogP contribution is -2.15. The smallest absolute Gasteiger partial charge is 0.234 e. The van der Waals surface area contributed by atoms with Crippen molar-refractivity contribution in [2.45, 2.75) is 11.7 Å². The number of pyridine rings is 1. The minimum Gasteiger partial charge on any atom is -0.325 e. The molecule has 3 aromatic heterocycles. The topological polar surface area (TPSA) is 72.7 Å². The molecule has 5 aromatic rings. The molecule has 0 aliphatic heterocycles. The molecule has 5 rings (SSSR count). The number of benzene rings is 2. The number of aromatic nitrogens is 4. The van der Waals surface area contributed by atoms with Crippen molar-refractivity contribution < 1.29 is 4.79 Å². The van der Waals surface area contributed by atoms with Crippen LogP contribution in [0.2, 0.25) is 0 Å². The van der Waals surface area contributed by atoms with Gasteiger partial charge in [-0.3, -0.25) is 14.3 Å². The zero-order valence-corrected chi connectivity index (χ0v) is 18.6. The number of fused-ring (bicyclic) bond motifs is 1. The number of nitrogens with zero attached hydrogens (tertiary/aromatic N) is 4. The first-order valence-corrected chi connectivity index (χ1v) is 11.9. The standard InChI is InChI=1S/C24H19N5OS2/c30-22(26-20-11-4-10-19-18(20)9-5-13-25-19)16-32-24-28-27-23(21-12-6-14-31-21)29(24)15-17-7-2-1-3-8-17/h1-14H,15-16H2,(H,26,30). The summed E-state index contributed by atoms with van der Waals surface area (Å²) in [6, 6.07) is 23.7. The van der Waals surface area contributed by atoms with Crippen molar-refractivity contribution in [2.75, 3.05) is 11.1 Å². The maximum Gasteiger partial charge on any atom is 0.234 e. The molecular weight excluding hydrogens is 438 g/mol. The average molecular weight is 458 g/mol. The number of thioether (sulfide) groups is 1. The Labute approximate surface area is 193 Å².